The lowest BCUT2D eigenvalue weighted by Crippen LogP contribution is -2.09. The maximum absolute atomic E-state index is 4.22. The molecule has 0 amide bonds. The minimum absolute atomic E-state index is 0.713. The molecule has 0 radical (unpaired) electrons. The highest BCUT2D eigenvalue weighted by Gasteiger charge is 2.17. The number of hydrogen-bond acceptors (Lipinski definition) is 1. The van der Waals surface area contributed by atoms with E-state index >= 15 is 0 Å². The molecule has 0 bridgehead atoms. The van der Waals surface area contributed by atoms with Crippen LogP contribution in [-0.2, 0) is 0 Å². The zero-order valence-corrected chi connectivity index (χ0v) is 9.42. The molecule has 0 aromatic heterocycles. The molecule has 0 atom stereocenters. The first-order valence-electron chi connectivity index (χ1n) is 5.59. The van der Waals surface area contributed by atoms with E-state index in [-0.39, 0.29) is 0 Å². The fraction of sp³-hybridized carbons (Fsp3) is 0.615. The molecule has 14 heavy (non-hydrogen) atoms. The summed E-state index contributed by atoms with van der Waals surface area (Å²) in [4.78, 5) is 4.22. The Bertz CT molecular complexity index is 242. The van der Waals surface area contributed by atoms with Crippen LogP contribution in [0.5, 0.6) is 0 Å². The van der Waals surface area contributed by atoms with Crippen LogP contribution in [0.4, 0.5) is 0 Å². The predicted octanol–water partition coefficient (Wildman–Crippen LogP) is 4.12. The van der Waals surface area contributed by atoms with Gasteiger partial charge in [-0.2, -0.15) is 0 Å². The van der Waals surface area contributed by atoms with Crippen LogP contribution in [0, 0.1) is 5.92 Å². The minimum Gasteiger partial charge on any atom is -0.269 e. The van der Waals surface area contributed by atoms with Gasteiger partial charge in [0.1, 0.15) is 0 Å². The van der Waals surface area contributed by atoms with E-state index in [1.54, 1.807) is 0 Å². The lowest BCUT2D eigenvalue weighted by Gasteiger charge is -2.24. The molecule has 0 saturated heterocycles. The smallest absolute Gasteiger partial charge is 0.0301 e. The van der Waals surface area contributed by atoms with Crippen molar-refractivity contribution >= 4 is 6.21 Å². The Labute approximate surface area is 87.6 Å². The van der Waals surface area contributed by atoms with Crippen molar-refractivity contribution in [3.05, 3.63) is 23.9 Å². The Morgan fingerprint density at radius 1 is 1.29 bits per heavy atom. The number of allylic oxidation sites excluding steroid dienone is 2. The zero-order valence-electron chi connectivity index (χ0n) is 9.42. The van der Waals surface area contributed by atoms with Crippen molar-refractivity contribution in [1.29, 1.82) is 0 Å². The van der Waals surface area contributed by atoms with Crippen molar-refractivity contribution in [2.24, 2.45) is 10.9 Å². The number of aliphatic imine (C=N–C) groups is 1. The van der Waals surface area contributed by atoms with Gasteiger partial charge in [0.25, 0.3) is 0 Å². The zero-order chi connectivity index (χ0) is 10.4. The summed E-state index contributed by atoms with van der Waals surface area (Å²) in [5.74, 6) is 0.713. The summed E-state index contributed by atoms with van der Waals surface area (Å²) in [6.07, 6.45) is 10.6. The standard InChI is InChI=1S/C13H21N/c1-4-14-10-13(11(2)3)12-8-6-5-7-9-12/h4,10,12H,2,5-9H2,1,3H3/b13-10+,14-4-. The van der Waals surface area contributed by atoms with Crippen LogP contribution in [0.3, 0.4) is 0 Å². The summed E-state index contributed by atoms with van der Waals surface area (Å²) in [5, 5.41) is 0. The van der Waals surface area contributed by atoms with Gasteiger partial charge in [0.15, 0.2) is 0 Å². The molecule has 1 aliphatic carbocycles. The molecule has 78 valence electrons. The third kappa shape index (κ3) is 3.13. The molecule has 0 heterocycles. The summed E-state index contributed by atoms with van der Waals surface area (Å²) < 4.78 is 0. The Kier molecular flexibility index (Phi) is 4.64. The minimum atomic E-state index is 0.713. The summed E-state index contributed by atoms with van der Waals surface area (Å²) in [6, 6.07) is 0. The Morgan fingerprint density at radius 2 is 1.93 bits per heavy atom. The molecule has 0 aliphatic heterocycles. The van der Waals surface area contributed by atoms with E-state index in [0.717, 1.165) is 0 Å². The SMILES string of the molecule is C=C(C)/C(=C\N=C/C)C1CCCCC1. The van der Waals surface area contributed by atoms with E-state index in [0.29, 0.717) is 5.92 Å². The first-order chi connectivity index (χ1) is 6.75. The van der Waals surface area contributed by atoms with Gasteiger partial charge in [-0.3, -0.25) is 4.99 Å². The second kappa shape index (κ2) is 5.79. The Morgan fingerprint density at radius 3 is 2.43 bits per heavy atom. The lowest BCUT2D eigenvalue weighted by atomic mass is 9.82. The molecule has 0 spiro atoms. The van der Waals surface area contributed by atoms with E-state index < -0.39 is 0 Å². The molecule has 1 aliphatic rings. The average Bonchev–Trinajstić information content (AvgIpc) is 2.19. The van der Waals surface area contributed by atoms with Crippen molar-refractivity contribution in [3.63, 3.8) is 0 Å². The van der Waals surface area contributed by atoms with Crippen molar-refractivity contribution in [2.75, 3.05) is 0 Å². The van der Waals surface area contributed by atoms with Crippen LogP contribution < -0.4 is 0 Å². The highest BCUT2D eigenvalue weighted by molar-refractivity contribution is 5.54. The monoisotopic (exact) mass is 191 g/mol. The molecular weight excluding hydrogens is 170 g/mol. The largest absolute Gasteiger partial charge is 0.269 e. The molecule has 0 unspecified atom stereocenters. The predicted molar refractivity (Wildman–Crippen MR) is 63.6 cm³/mol. The van der Waals surface area contributed by atoms with Gasteiger partial charge in [0.05, 0.1) is 0 Å². The fourth-order valence-corrected chi connectivity index (χ4v) is 2.13. The first-order valence-corrected chi connectivity index (χ1v) is 5.59. The highest BCUT2D eigenvalue weighted by Crippen LogP contribution is 2.32. The van der Waals surface area contributed by atoms with Crippen LogP contribution in [0.25, 0.3) is 0 Å². The first kappa shape index (κ1) is 11.2. The second-order valence-electron chi connectivity index (χ2n) is 4.11. The molecule has 1 fully saturated rings. The van der Waals surface area contributed by atoms with Crippen molar-refractivity contribution < 1.29 is 0 Å². The van der Waals surface area contributed by atoms with Crippen molar-refractivity contribution in [1.82, 2.24) is 0 Å². The maximum atomic E-state index is 4.22. The van der Waals surface area contributed by atoms with Gasteiger partial charge >= 0.3 is 0 Å². The maximum Gasteiger partial charge on any atom is 0.0301 e. The van der Waals surface area contributed by atoms with E-state index in [4.69, 9.17) is 0 Å². The summed E-state index contributed by atoms with van der Waals surface area (Å²) in [7, 11) is 0. The number of nitrogens with zero attached hydrogens (tertiary/aromatic N) is 1. The molecule has 1 heteroatoms. The summed E-state index contributed by atoms with van der Waals surface area (Å²) >= 11 is 0. The van der Waals surface area contributed by atoms with Crippen molar-refractivity contribution in [3.8, 4) is 0 Å². The number of rotatable bonds is 3. The topological polar surface area (TPSA) is 12.4 Å². The van der Waals surface area contributed by atoms with Gasteiger partial charge in [0.2, 0.25) is 0 Å². The normalized spacial score (nSPS) is 20.3. The number of hydrogen-bond donors (Lipinski definition) is 0. The van der Waals surface area contributed by atoms with E-state index in [9.17, 15) is 0 Å². The van der Waals surface area contributed by atoms with E-state index in [1.165, 1.54) is 43.3 Å². The molecule has 0 N–H and O–H groups in total. The summed E-state index contributed by atoms with van der Waals surface area (Å²) in [6.45, 7) is 8.08. The Hall–Kier alpha value is -0.850. The third-order valence-electron chi connectivity index (χ3n) is 2.90. The molecule has 0 aromatic carbocycles. The molecule has 1 rings (SSSR count). The van der Waals surface area contributed by atoms with Crippen LogP contribution in [0.1, 0.15) is 46.0 Å². The van der Waals surface area contributed by atoms with E-state index in [1.807, 2.05) is 19.3 Å². The van der Waals surface area contributed by atoms with Gasteiger partial charge in [-0.15, -0.1) is 0 Å². The van der Waals surface area contributed by atoms with Crippen LogP contribution in [-0.4, -0.2) is 6.21 Å². The molecule has 1 saturated carbocycles. The lowest BCUT2D eigenvalue weighted by molar-refractivity contribution is 0.405. The third-order valence-corrected chi connectivity index (χ3v) is 2.90. The van der Waals surface area contributed by atoms with Gasteiger partial charge < -0.3 is 0 Å². The van der Waals surface area contributed by atoms with Gasteiger partial charge in [-0.25, -0.2) is 0 Å². The van der Waals surface area contributed by atoms with Gasteiger partial charge in [0, 0.05) is 12.4 Å². The quantitative estimate of drug-likeness (QED) is 0.470. The van der Waals surface area contributed by atoms with Crippen LogP contribution in [0.2, 0.25) is 0 Å². The Balaban J connectivity index is 2.70. The van der Waals surface area contributed by atoms with E-state index in [2.05, 4.69) is 18.5 Å². The van der Waals surface area contributed by atoms with Crippen molar-refractivity contribution in [2.45, 2.75) is 46.0 Å². The molecule has 1 nitrogen and oxygen atoms in total. The average molecular weight is 191 g/mol. The van der Waals surface area contributed by atoms with Gasteiger partial charge in [-0.1, -0.05) is 31.4 Å². The highest BCUT2D eigenvalue weighted by atomic mass is 14.7. The van der Waals surface area contributed by atoms with Crippen LogP contribution in [0.15, 0.2) is 28.9 Å². The van der Waals surface area contributed by atoms with Crippen LogP contribution >= 0.6 is 0 Å². The molecule has 0 aromatic rings. The van der Waals surface area contributed by atoms with Gasteiger partial charge in [-0.05, 0) is 38.2 Å². The summed E-state index contributed by atoms with van der Waals surface area (Å²) in [5.41, 5.74) is 2.55. The molecular formula is C13H21N. The fourth-order valence-electron chi connectivity index (χ4n) is 2.13. The second-order valence-corrected chi connectivity index (χ2v) is 4.11.